The fourth-order valence-electron chi connectivity index (χ4n) is 2.24. The molecule has 1 aromatic heterocycles. The lowest BCUT2D eigenvalue weighted by molar-refractivity contribution is 0.396. The van der Waals surface area contributed by atoms with Crippen LogP contribution >= 0.6 is 0 Å². The first-order chi connectivity index (χ1) is 9.22. The van der Waals surface area contributed by atoms with Crippen molar-refractivity contribution in [2.45, 2.75) is 25.9 Å². The number of hydrogen-bond acceptors (Lipinski definition) is 3. The predicted octanol–water partition coefficient (Wildman–Crippen LogP) is 3.50. The van der Waals surface area contributed by atoms with Crippen LogP contribution in [0, 0.1) is 0 Å². The van der Waals surface area contributed by atoms with Gasteiger partial charge in [0, 0.05) is 30.0 Å². The fourth-order valence-corrected chi connectivity index (χ4v) is 2.24. The molecule has 0 amide bonds. The summed E-state index contributed by atoms with van der Waals surface area (Å²) in [4.78, 5) is 4.04. The molecule has 0 fully saturated rings. The number of benzene rings is 1. The zero-order valence-electron chi connectivity index (χ0n) is 11.6. The molecule has 0 saturated heterocycles. The number of hydrogen-bond donors (Lipinski definition) is 1. The highest BCUT2D eigenvalue weighted by molar-refractivity contribution is 5.35. The van der Waals surface area contributed by atoms with Crippen molar-refractivity contribution in [3.05, 3.63) is 59.9 Å². The summed E-state index contributed by atoms with van der Waals surface area (Å²) in [5, 5.41) is 3.58. The molecule has 3 nitrogen and oxygen atoms in total. The molecule has 2 aromatic rings. The van der Waals surface area contributed by atoms with Crippen LogP contribution in [0.15, 0.2) is 48.8 Å². The van der Waals surface area contributed by atoms with Crippen LogP contribution in [-0.2, 0) is 0 Å². The summed E-state index contributed by atoms with van der Waals surface area (Å²) >= 11 is 0. The van der Waals surface area contributed by atoms with Crippen LogP contribution in [-0.4, -0.2) is 12.1 Å². The Morgan fingerprint density at radius 3 is 2.37 bits per heavy atom. The molecule has 0 bridgehead atoms. The maximum atomic E-state index is 5.40. The molecule has 0 aliphatic rings. The molecule has 0 aliphatic heterocycles. The van der Waals surface area contributed by atoms with Crippen molar-refractivity contribution in [1.29, 1.82) is 0 Å². The lowest BCUT2D eigenvalue weighted by atomic mass is 10.0. The first kappa shape index (κ1) is 13.6. The van der Waals surface area contributed by atoms with E-state index in [1.807, 2.05) is 42.7 Å². The van der Waals surface area contributed by atoms with Gasteiger partial charge in [-0.3, -0.25) is 4.98 Å². The Balaban J connectivity index is 2.11. The van der Waals surface area contributed by atoms with Crippen molar-refractivity contribution in [2.75, 3.05) is 7.11 Å². The van der Waals surface area contributed by atoms with Crippen LogP contribution in [0.2, 0.25) is 0 Å². The van der Waals surface area contributed by atoms with Crippen LogP contribution < -0.4 is 10.1 Å². The van der Waals surface area contributed by atoms with Gasteiger partial charge in [0.15, 0.2) is 0 Å². The summed E-state index contributed by atoms with van der Waals surface area (Å²) in [6.07, 6.45) is 3.64. The Labute approximate surface area is 114 Å². The number of nitrogens with zero attached hydrogens (tertiary/aromatic N) is 1. The Hall–Kier alpha value is -1.87. The molecule has 1 aromatic carbocycles. The monoisotopic (exact) mass is 256 g/mol. The Bertz CT molecular complexity index is 513. The minimum absolute atomic E-state index is 0.222. The molecule has 19 heavy (non-hydrogen) atoms. The molecular formula is C16H20N2O. The Kier molecular flexibility index (Phi) is 4.53. The van der Waals surface area contributed by atoms with E-state index in [0.29, 0.717) is 0 Å². The van der Waals surface area contributed by atoms with Gasteiger partial charge in [0.2, 0.25) is 0 Å². The molecule has 0 saturated carbocycles. The van der Waals surface area contributed by atoms with Gasteiger partial charge < -0.3 is 10.1 Å². The summed E-state index contributed by atoms with van der Waals surface area (Å²) in [6, 6.07) is 12.7. The van der Waals surface area contributed by atoms with E-state index >= 15 is 0 Å². The number of pyridine rings is 1. The van der Waals surface area contributed by atoms with Crippen molar-refractivity contribution < 1.29 is 4.74 Å². The van der Waals surface area contributed by atoms with Gasteiger partial charge >= 0.3 is 0 Å². The van der Waals surface area contributed by atoms with Crippen LogP contribution in [0.3, 0.4) is 0 Å². The summed E-state index contributed by atoms with van der Waals surface area (Å²) in [7, 11) is 1.71. The molecule has 1 unspecified atom stereocenters. The molecule has 0 aliphatic carbocycles. The van der Waals surface area contributed by atoms with Gasteiger partial charge in [0.1, 0.15) is 5.75 Å². The van der Waals surface area contributed by atoms with Crippen LogP contribution in [0.1, 0.15) is 37.1 Å². The molecule has 2 atom stereocenters. The highest BCUT2D eigenvalue weighted by Gasteiger charge is 2.14. The largest absolute Gasteiger partial charge is 0.496 e. The standard InChI is InChI=1S/C16H20N2O/c1-12(14-8-10-17-11-9-14)18-13(2)15-6-4-5-7-16(15)19-3/h4-13,18H,1-3H3/t12?,13-/m1/s1. The second kappa shape index (κ2) is 6.34. The SMILES string of the molecule is COc1ccccc1[C@@H](C)NC(C)c1ccncc1. The predicted molar refractivity (Wildman–Crippen MR) is 77.2 cm³/mol. The van der Waals surface area contributed by atoms with Crippen LogP contribution in [0.4, 0.5) is 0 Å². The zero-order chi connectivity index (χ0) is 13.7. The minimum Gasteiger partial charge on any atom is -0.496 e. The quantitative estimate of drug-likeness (QED) is 0.889. The molecule has 100 valence electrons. The summed E-state index contributed by atoms with van der Waals surface area (Å²) in [5.41, 5.74) is 2.41. The second-order valence-electron chi connectivity index (χ2n) is 4.63. The fraction of sp³-hybridized carbons (Fsp3) is 0.312. The summed E-state index contributed by atoms with van der Waals surface area (Å²) in [5.74, 6) is 0.921. The molecule has 0 spiro atoms. The van der Waals surface area contributed by atoms with Crippen molar-refractivity contribution >= 4 is 0 Å². The van der Waals surface area contributed by atoms with Gasteiger partial charge in [-0.1, -0.05) is 18.2 Å². The van der Waals surface area contributed by atoms with Gasteiger partial charge in [-0.15, -0.1) is 0 Å². The number of aromatic nitrogens is 1. The number of ether oxygens (including phenoxy) is 1. The van der Waals surface area contributed by atoms with Gasteiger partial charge in [-0.25, -0.2) is 0 Å². The maximum Gasteiger partial charge on any atom is 0.123 e. The Morgan fingerprint density at radius 1 is 1.00 bits per heavy atom. The van der Waals surface area contributed by atoms with E-state index in [1.165, 1.54) is 11.1 Å². The summed E-state index contributed by atoms with van der Waals surface area (Å²) < 4.78 is 5.40. The third-order valence-electron chi connectivity index (χ3n) is 3.31. The Morgan fingerprint density at radius 2 is 1.68 bits per heavy atom. The third kappa shape index (κ3) is 3.32. The lowest BCUT2D eigenvalue weighted by Gasteiger charge is -2.22. The minimum atomic E-state index is 0.222. The number of nitrogens with one attached hydrogen (secondary N) is 1. The van der Waals surface area contributed by atoms with Gasteiger partial charge in [0.05, 0.1) is 7.11 Å². The van der Waals surface area contributed by atoms with E-state index in [4.69, 9.17) is 4.74 Å². The number of rotatable bonds is 5. The molecule has 3 heteroatoms. The van der Waals surface area contributed by atoms with Crippen molar-refractivity contribution in [2.24, 2.45) is 0 Å². The number of methoxy groups -OCH3 is 1. The molecular weight excluding hydrogens is 236 g/mol. The van der Waals surface area contributed by atoms with Crippen molar-refractivity contribution in [3.63, 3.8) is 0 Å². The lowest BCUT2D eigenvalue weighted by Crippen LogP contribution is -2.22. The van der Waals surface area contributed by atoms with Gasteiger partial charge in [0.25, 0.3) is 0 Å². The van der Waals surface area contributed by atoms with E-state index in [2.05, 4.69) is 30.2 Å². The smallest absolute Gasteiger partial charge is 0.123 e. The highest BCUT2D eigenvalue weighted by atomic mass is 16.5. The first-order valence-electron chi connectivity index (χ1n) is 6.51. The summed E-state index contributed by atoms with van der Waals surface area (Å²) in [6.45, 7) is 4.30. The van der Waals surface area contributed by atoms with E-state index in [0.717, 1.165) is 5.75 Å². The van der Waals surface area contributed by atoms with Gasteiger partial charge in [-0.05, 0) is 37.6 Å². The average Bonchev–Trinajstić information content (AvgIpc) is 2.48. The zero-order valence-corrected chi connectivity index (χ0v) is 11.6. The molecule has 1 N–H and O–H groups in total. The normalized spacial score (nSPS) is 13.8. The highest BCUT2D eigenvalue weighted by Crippen LogP contribution is 2.26. The molecule has 0 radical (unpaired) electrons. The topological polar surface area (TPSA) is 34.1 Å². The van der Waals surface area contributed by atoms with Crippen molar-refractivity contribution in [1.82, 2.24) is 10.3 Å². The van der Waals surface area contributed by atoms with E-state index in [9.17, 15) is 0 Å². The van der Waals surface area contributed by atoms with E-state index < -0.39 is 0 Å². The average molecular weight is 256 g/mol. The van der Waals surface area contributed by atoms with Crippen LogP contribution in [0.25, 0.3) is 0 Å². The van der Waals surface area contributed by atoms with Crippen LogP contribution in [0.5, 0.6) is 5.75 Å². The second-order valence-corrected chi connectivity index (χ2v) is 4.63. The first-order valence-corrected chi connectivity index (χ1v) is 6.51. The third-order valence-corrected chi connectivity index (χ3v) is 3.31. The van der Waals surface area contributed by atoms with E-state index in [1.54, 1.807) is 7.11 Å². The van der Waals surface area contributed by atoms with Crippen molar-refractivity contribution in [3.8, 4) is 5.75 Å². The maximum absolute atomic E-state index is 5.40. The number of para-hydroxylation sites is 1. The molecule has 2 rings (SSSR count). The van der Waals surface area contributed by atoms with Gasteiger partial charge in [-0.2, -0.15) is 0 Å². The molecule has 1 heterocycles. The van der Waals surface area contributed by atoms with E-state index in [-0.39, 0.29) is 12.1 Å².